The molecule has 2 fully saturated rings. The van der Waals surface area contributed by atoms with E-state index in [2.05, 4.69) is 10.2 Å². The predicted octanol–water partition coefficient (Wildman–Crippen LogP) is 1.39. The van der Waals surface area contributed by atoms with Gasteiger partial charge >= 0.3 is 0 Å². The summed E-state index contributed by atoms with van der Waals surface area (Å²) in [5.41, 5.74) is 0. The average molecular weight is 210 g/mol. The largest absolute Gasteiger partial charge is 0.342 e. The lowest BCUT2D eigenvalue weighted by Gasteiger charge is -2.29. The van der Waals surface area contributed by atoms with Crippen LogP contribution in [0.5, 0.6) is 0 Å². The van der Waals surface area contributed by atoms with E-state index in [4.69, 9.17) is 0 Å². The van der Waals surface area contributed by atoms with Crippen LogP contribution in [0.15, 0.2) is 0 Å². The Labute approximate surface area is 92.2 Å². The van der Waals surface area contributed by atoms with Gasteiger partial charge in [-0.05, 0) is 44.7 Å². The zero-order valence-corrected chi connectivity index (χ0v) is 9.50. The number of nitrogens with zero attached hydrogens (tertiary/aromatic N) is 1. The first-order valence-electron chi connectivity index (χ1n) is 6.35. The molecule has 3 heteroatoms. The van der Waals surface area contributed by atoms with Crippen molar-refractivity contribution in [1.82, 2.24) is 10.2 Å². The summed E-state index contributed by atoms with van der Waals surface area (Å²) in [5, 5.41) is 3.37. The highest BCUT2D eigenvalue weighted by molar-refractivity contribution is 5.76. The summed E-state index contributed by atoms with van der Waals surface area (Å²) in [6, 6.07) is 0. The highest BCUT2D eigenvalue weighted by atomic mass is 16.2. The molecular weight excluding hydrogens is 188 g/mol. The summed E-state index contributed by atoms with van der Waals surface area (Å²) >= 11 is 0. The minimum Gasteiger partial charge on any atom is -0.342 e. The van der Waals surface area contributed by atoms with Crippen molar-refractivity contribution in [3.63, 3.8) is 0 Å². The molecule has 1 N–H and O–H groups in total. The molecule has 0 aliphatic carbocycles. The van der Waals surface area contributed by atoms with E-state index < -0.39 is 0 Å². The molecule has 2 saturated heterocycles. The molecule has 2 heterocycles. The van der Waals surface area contributed by atoms with E-state index in [0.29, 0.717) is 5.91 Å². The molecule has 2 rings (SSSR count). The minimum atomic E-state index is 0.394. The molecule has 86 valence electrons. The SMILES string of the molecule is O=C1CCCCCN1CC1CCNCC1. The minimum absolute atomic E-state index is 0.394. The number of nitrogens with one attached hydrogen (secondary N) is 1. The first-order chi connectivity index (χ1) is 7.36. The van der Waals surface area contributed by atoms with Gasteiger partial charge in [0.2, 0.25) is 5.91 Å². The van der Waals surface area contributed by atoms with Gasteiger partial charge in [-0.15, -0.1) is 0 Å². The molecule has 0 aromatic heterocycles. The Balaban J connectivity index is 1.82. The van der Waals surface area contributed by atoms with Crippen molar-refractivity contribution in [2.75, 3.05) is 26.2 Å². The Bertz CT molecular complexity index is 212. The zero-order valence-electron chi connectivity index (χ0n) is 9.50. The van der Waals surface area contributed by atoms with Crippen molar-refractivity contribution < 1.29 is 4.79 Å². The van der Waals surface area contributed by atoms with Crippen LogP contribution in [0.4, 0.5) is 0 Å². The third-order valence-electron chi connectivity index (χ3n) is 3.61. The van der Waals surface area contributed by atoms with Gasteiger partial charge in [0, 0.05) is 19.5 Å². The van der Waals surface area contributed by atoms with Crippen LogP contribution < -0.4 is 5.32 Å². The summed E-state index contributed by atoms with van der Waals surface area (Å²) in [6.07, 6.45) is 6.80. The molecule has 3 nitrogen and oxygen atoms in total. The smallest absolute Gasteiger partial charge is 0.222 e. The molecule has 0 atom stereocenters. The summed E-state index contributed by atoms with van der Waals surface area (Å²) < 4.78 is 0. The van der Waals surface area contributed by atoms with Crippen LogP contribution in [0, 0.1) is 5.92 Å². The Kier molecular flexibility index (Phi) is 4.01. The predicted molar refractivity (Wildman–Crippen MR) is 60.6 cm³/mol. The summed E-state index contributed by atoms with van der Waals surface area (Å²) in [4.78, 5) is 13.9. The molecule has 1 amide bonds. The highest BCUT2D eigenvalue weighted by Crippen LogP contribution is 2.17. The number of hydrogen-bond acceptors (Lipinski definition) is 2. The number of rotatable bonds is 2. The monoisotopic (exact) mass is 210 g/mol. The van der Waals surface area contributed by atoms with Crippen LogP contribution in [0.3, 0.4) is 0 Å². The quantitative estimate of drug-likeness (QED) is 0.747. The fourth-order valence-electron chi connectivity index (χ4n) is 2.61. The van der Waals surface area contributed by atoms with Gasteiger partial charge in [0.15, 0.2) is 0 Å². The van der Waals surface area contributed by atoms with Crippen molar-refractivity contribution in [2.45, 2.75) is 38.5 Å². The van der Waals surface area contributed by atoms with Crippen molar-refractivity contribution in [2.24, 2.45) is 5.92 Å². The second kappa shape index (κ2) is 5.50. The number of amides is 1. The van der Waals surface area contributed by atoms with E-state index in [1.165, 1.54) is 25.7 Å². The van der Waals surface area contributed by atoms with E-state index >= 15 is 0 Å². The van der Waals surface area contributed by atoms with Gasteiger partial charge in [0.25, 0.3) is 0 Å². The maximum absolute atomic E-state index is 11.8. The second-order valence-electron chi connectivity index (χ2n) is 4.84. The van der Waals surface area contributed by atoms with Gasteiger partial charge in [-0.25, -0.2) is 0 Å². The molecule has 2 aliphatic rings. The van der Waals surface area contributed by atoms with Gasteiger partial charge in [-0.3, -0.25) is 4.79 Å². The van der Waals surface area contributed by atoms with Crippen LogP contribution in [-0.2, 0) is 4.79 Å². The van der Waals surface area contributed by atoms with E-state index in [9.17, 15) is 4.79 Å². The van der Waals surface area contributed by atoms with E-state index in [1.807, 2.05) is 0 Å². The Hall–Kier alpha value is -0.570. The van der Waals surface area contributed by atoms with Crippen LogP contribution in [0.2, 0.25) is 0 Å². The Morgan fingerprint density at radius 3 is 2.80 bits per heavy atom. The first kappa shape index (κ1) is 10.9. The normalized spacial score (nSPS) is 25.3. The maximum atomic E-state index is 11.8. The van der Waals surface area contributed by atoms with Crippen LogP contribution in [-0.4, -0.2) is 37.0 Å². The van der Waals surface area contributed by atoms with Crippen molar-refractivity contribution in [1.29, 1.82) is 0 Å². The molecule has 0 bridgehead atoms. The molecule has 0 saturated carbocycles. The lowest BCUT2D eigenvalue weighted by atomic mass is 9.97. The highest BCUT2D eigenvalue weighted by Gasteiger charge is 2.21. The van der Waals surface area contributed by atoms with E-state index in [-0.39, 0.29) is 0 Å². The fourth-order valence-corrected chi connectivity index (χ4v) is 2.61. The summed E-state index contributed by atoms with van der Waals surface area (Å²) in [7, 11) is 0. The second-order valence-corrected chi connectivity index (χ2v) is 4.84. The number of piperidine rings is 1. The molecule has 0 aromatic rings. The summed E-state index contributed by atoms with van der Waals surface area (Å²) in [5.74, 6) is 1.14. The molecule has 0 aromatic carbocycles. The fraction of sp³-hybridized carbons (Fsp3) is 0.917. The number of likely N-dealkylation sites (tertiary alicyclic amines) is 1. The van der Waals surface area contributed by atoms with Crippen LogP contribution in [0.1, 0.15) is 38.5 Å². The number of carbonyl (C=O) groups excluding carboxylic acids is 1. The lowest BCUT2D eigenvalue weighted by Crippen LogP contribution is -2.39. The average Bonchev–Trinajstić information content (AvgIpc) is 2.46. The van der Waals surface area contributed by atoms with Crippen molar-refractivity contribution in [3.05, 3.63) is 0 Å². The first-order valence-corrected chi connectivity index (χ1v) is 6.35. The third-order valence-corrected chi connectivity index (χ3v) is 3.61. The van der Waals surface area contributed by atoms with Crippen LogP contribution in [0.25, 0.3) is 0 Å². The molecule has 0 spiro atoms. The molecule has 0 unspecified atom stereocenters. The van der Waals surface area contributed by atoms with Gasteiger partial charge in [-0.2, -0.15) is 0 Å². The molecule has 2 aliphatic heterocycles. The maximum Gasteiger partial charge on any atom is 0.222 e. The van der Waals surface area contributed by atoms with Gasteiger partial charge in [0.1, 0.15) is 0 Å². The van der Waals surface area contributed by atoms with Gasteiger partial charge in [-0.1, -0.05) is 6.42 Å². The zero-order chi connectivity index (χ0) is 10.5. The van der Waals surface area contributed by atoms with Crippen LogP contribution >= 0.6 is 0 Å². The topological polar surface area (TPSA) is 32.3 Å². The molecule has 15 heavy (non-hydrogen) atoms. The molecular formula is C12H22N2O. The van der Waals surface area contributed by atoms with E-state index in [0.717, 1.165) is 44.9 Å². The molecule has 0 radical (unpaired) electrons. The van der Waals surface area contributed by atoms with Crippen molar-refractivity contribution >= 4 is 5.91 Å². The number of carbonyl (C=O) groups is 1. The number of hydrogen-bond donors (Lipinski definition) is 1. The van der Waals surface area contributed by atoms with E-state index in [1.54, 1.807) is 0 Å². The lowest BCUT2D eigenvalue weighted by molar-refractivity contribution is -0.131. The Morgan fingerprint density at radius 2 is 2.00 bits per heavy atom. The van der Waals surface area contributed by atoms with Gasteiger partial charge in [0.05, 0.1) is 0 Å². The Morgan fingerprint density at radius 1 is 1.20 bits per heavy atom. The summed E-state index contributed by atoms with van der Waals surface area (Å²) in [6.45, 7) is 4.28. The standard InChI is InChI=1S/C12H22N2O/c15-12-4-2-1-3-9-14(12)10-11-5-7-13-8-6-11/h11,13H,1-10H2. The van der Waals surface area contributed by atoms with Gasteiger partial charge < -0.3 is 10.2 Å². The van der Waals surface area contributed by atoms with Crippen molar-refractivity contribution in [3.8, 4) is 0 Å². The third kappa shape index (κ3) is 3.20.